The van der Waals surface area contributed by atoms with Gasteiger partial charge in [-0.1, -0.05) is 0 Å². The fraction of sp³-hybridized carbons (Fsp3) is 0. The minimum atomic E-state index is -2.17. The maximum absolute atomic E-state index is 7.17. The van der Waals surface area contributed by atoms with E-state index in [2.05, 4.69) is 0 Å². The van der Waals surface area contributed by atoms with E-state index in [1.54, 1.807) is 0 Å². The van der Waals surface area contributed by atoms with Crippen LogP contribution < -0.4 is 0 Å². The molecule has 6 heteroatoms. The minimum absolute atomic E-state index is 0. The van der Waals surface area contributed by atoms with Crippen LogP contribution in [0.25, 0.3) is 0 Å². The van der Waals surface area contributed by atoms with Crippen LogP contribution in [0.4, 0.5) is 0 Å². The predicted octanol–water partition coefficient (Wildman–Crippen LogP) is -3.35. The quantitative estimate of drug-likeness (QED) is 0.321. The molecular weight excluding hydrogens is 151 g/mol. The van der Waals surface area contributed by atoms with E-state index in [1.807, 2.05) is 0 Å². The van der Waals surface area contributed by atoms with Gasteiger partial charge in [-0.2, -0.15) is 0 Å². The zero-order valence-electron chi connectivity index (χ0n) is 1.92. The molecule has 0 saturated heterocycles. The first-order valence-corrected chi connectivity index (χ1v) is 0.775. The van der Waals surface area contributed by atoms with Crippen molar-refractivity contribution in [1.82, 2.24) is 0 Å². The Morgan fingerprint density at radius 1 is 1.00 bits per heavy atom. The third kappa shape index (κ3) is 32.9. The second-order valence-electron chi connectivity index (χ2n) is 0.346. The predicted molar refractivity (Wildman–Crippen MR) is 26.7 cm³/mol. The Hall–Kier alpha value is 2.35. The molecule has 0 aliphatic rings. The summed E-state index contributed by atoms with van der Waals surface area (Å²) in [6.07, 6.45) is 0. The molecule has 0 aromatic heterocycles. The Balaban J connectivity index is -0.0000000450. The normalized spacial score (nSPS) is 4.50. The molecule has 3 N–H and O–H groups in total. The van der Waals surface area contributed by atoms with Gasteiger partial charge in [0, 0.05) is 0 Å². The summed E-state index contributed by atoms with van der Waals surface area (Å²) in [6.45, 7) is 0. The molecule has 0 amide bonds. The van der Waals surface area contributed by atoms with Crippen LogP contribution in [0.3, 0.4) is 0 Å². The Labute approximate surface area is 97.3 Å². The Bertz CT molecular complexity index is 15.5. The second kappa shape index (κ2) is 10.4. The van der Waals surface area contributed by atoms with Crippen LogP contribution in [-0.2, 0) is 0 Å². The zero-order chi connectivity index (χ0) is 3.58. The first-order valence-electron chi connectivity index (χ1n) is 0.775. The molecule has 0 bridgehead atoms. The molecular formula is H5BLiO3Rb. The van der Waals surface area contributed by atoms with Crippen LogP contribution >= 0.6 is 0 Å². The molecule has 6 heavy (non-hydrogen) atoms. The summed E-state index contributed by atoms with van der Waals surface area (Å²) in [7, 11) is -2.17. The van der Waals surface area contributed by atoms with Crippen LogP contribution in [0, 0.1) is 0 Å². The molecule has 0 spiro atoms. The molecule has 0 radical (unpaired) electrons. The van der Waals surface area contributed by atoms with Crippen LogP contribution in [0.15, 0.2) is 0 Å². The molecule has 0 aliphatic heterocycles. The maximum atomic E-state index is 7.17. The summed E-state index contributed by atoms with van der Waals surface area (Å²) in [5.74, 6) is 0. The van der Waals surface area contributed by atoms with Crippen LogP contribution in [0.2, 0.25) is 0 Å². The van der Waals surface area contributed by atoms with Crippen molar-refractivity contribution in [3.05, 3.63) is 0 Å². The average Bonchev–Trinajstić information content (AvgIpc) is 0.811. The van der Waals surface area contributed by atoms with Gasteiger partial charge >= 0.3 is 84.4 Å². The standard InChI is InChI=1S/BH3O3.Li.Rb.2H/c2-1(3)4;;;;/h2-4H;;;;. The van der Waals surface area contributed by atoms with Crippen molar-refractivity contribution in [3.63, 3.8) is 0 Å². The van der Waals surface area contributed by atoms with Crippen molar-refractivity contribution < 1.29 is 15.1 Å². The first-order chi connectivity index (χ1) is 1.73. The summed E-state index contributed by atoms with van der Waals surface area (Å²) in [5, 5.41) is 21.5. The molecule has 0 rings (SSSR count). The molecule has 0 atom stereocenters. The van der Waals surface area contributed by atoms with Gasteiger partial charge in [-0.25, -0.2) is 0 Å². The summed E-state index contributed by atoms with van der Waals surface area (Å²) >= 11 is 0. The van der Waals surface area contributed by atoms with Crippen molar-refractivity contribution in [2.75, 3.05) is 0 Å². The van der Waals surface area contributed by atoms with E-state index in [0.29, 0.717) is 0 Å². The van der Waals surface area contributed by atoms with Crippen molar-refractivity contribution >= 4 is 84.4 Å². The molecule has 0 unspecified atom stereocenters. The van der Waals surface area contributed by atoms with Crippen molar-refractivity contribution in [1.29, 1.82) is 0 Å². The topological polar surface area (TPSA) is 60.7 Å². The molecule has 28 valence electrons. The van der Waals surface area contributed by atoms with Crippen molar-refractivity contribution in [2.45, 2.75) is 0 Å². The van der Waals surface area contributed by atoms with Gasteiger partial charge in [-0.15, -0.1) is 0 Å². The summed E-state index contributed by atoms with van der Waals surface area (Å²) in [5.41, 5.74) is 0. The molecule has 0 heterocycles. The van der Waals surface area contributed by atoms with E-state index in [1.165, 1.54) is 0 Å². The van der Waals surface area contributed by atoms with E-state index in [-0.39, 0.29) is 77.0 Å². The molecule has 3 nitrogen and oxygen atoms in total. The summed E-state index contributed by atoms with van der Waals surface area (Å²) in [4.78, 5) is 0. The van der Waals surface area contributed by atoms with Crippen molar-refractivity contribution in [2.24, 2.45) is 0 Å². The Morgan fingerprint density at radius 2 is 1.00 bits per heavy atom. The van der Waals surface area contributed by atoms with E-state index >= 15 is 0 Å². The molecule has 0 aromatic rings. The third-order valence-electron chi connectivity index (χ3n) is 0. The number of rotatable bonds is 0. The van der Waals surface area contributed by atoms with Gasteiger partial charge in [-0.3, -0.25) is 0 Å². The van der Waals surface area contributed by atoms with Gasteiger partial charge in [0.1, 0.15) is 0 Å². The van der Waals surface area contributed by atoms with Gasteiger partial charge in [0.05, 0.1) is 0 Å². The Kier molecular flexibility index (Phi) is 27.2. The number of hydrogen-bond acceptors (Lipinski definition) is 3. The molecule has 0 aromatic carbocycles. The van der Waals surface area contributed by atoms with Gasteiger partial charge in [0.15, 0.2) is 0 Å². The van der Waals surface area contributed by atoms with Gasteiger partial charge in [0.2, 0.25) is 0 Å². The summed E-state index contributed by atoms with van der Waals surface area (Å²) < 4.78 is 0. The molecule has 0 aliphatic carbocycles. The second-order valence-corrected chi connectivity index (χ2v) is 0.346. The monoisotopic (exact) mass is 156 g/mol. The SMILES string of the molecule is OB(O)O.[LiH].[RbH]. The fourth-order valence-corrected chi connectivity index (χ4v) is 0. The third-order valence-corrected chi connectivity index (χ3v) is 0. The zero-order valence-corrected chi connectivity index (χ0v) is 1.92. The van der Waals surface area contributed by atoms with Crippen LogP contribution in [-0.4, -0.2) is 99.4 Å². The van der Waals surface area contributed by atoms with E-state index in [9.17, 15) is 0 Å². The average molecular weight is 156 g/mol. The van der Waals surface area contributed by atoms with E-state index in [0.717, 1.165) is 0 Å². The van der Waals surface area contributed by atoms with Gasteiger partial charge in [0.25, 0.3) is 0 Å². The van der Waals surface area contributed by atoms with Gasteiger partial charge in [-0.05, 0) is 0 Å². The van der Waals surface area contributed by atoms with Crippen molar-refractivity contribution in [3.8, 4) is 0 Å². The van der Waals surface area contributed by atoms with Crippen LogP contribution in [0.5, 0.6) is 0 Å². The van der Waals surface area contributed by atoms with Crippen LogP contribution in [0.1, 0.15) is 0 Å². The van der Waals surface area contributed by atoms with Gasteiger partial charge < -0.3 is 15.1 Å². The first kappa shape index (κ1) is 15.8. The van der Waals surface area contributed by atoms with E-state index in [4.69, 9.17) is 15.1 Å². The Morgan fingerprint density at radius 3 is 1.00 bits per heavy atom. The van der Waals surface area contributed by atoms with E-state index < -0.39 is 7.32 Å². The molecule has 0 saturated carbocycles. The molecule has 0 fully saturated rings. The number of hydrogen-bond donors (Lipinski definition) is 3. The summed E-state index contributed by atoms with van der Waals surface area (Å²) in [6, 6.07) is 0. The fourth-order valence-electron chi connectivity index (χ4n) is 0.